The van der Waals surface area contributed by atoms with Crippen LogP contribution in [0.1, 0.15) is 34.1 Å². The summed E-state index contributed by atoms with van der Waals surface area (Å²) in [4.78, 5) is 5.48. The molecule has 3 fully saturated rings. The summed E-state index contributed by atoms with van der Waals surface area (Å²) in [6, 6.07) is 1.66. The smallest absolute Gasteiger partial charge is 0.0139 e. The van der Waals surface area contributed by atoms with E-state index in [-0.39, 0.29) is 0 Å². The van der Waals surface area contributed by atoms with Crippen molar-refractivity contribution in [3.05, 3.63) is 0 Å². The number of rotatable bonds is 2. The van der Waals surface area contributed by atoms with Crippen LogP contribution < -0.4 is 5.32 Å². The lowest BCUT2D eigenvalue weighted by atomic mass is 9.94. The lowest BCUT2D eigenvalue weighted by Crippen LogP contribution is -2.50. The fraction of sp³-hybridized carbons (Fsp3) is 1.00. The zero-order valence-electron chi connectivity index (χ0n) is 12.4. The van der Waals surface area contributed by atoms with Crippen molar-refractivity contribution in [2.75, 3.05) is 32.7 Å². The van der Waals surface area contributed by atoms with E-state index in [0.29, 0.717) is 5.54 Å². The quantitative estimate of drug-likeness (QED) is 0.800. The molecule has 2 heterocycles. The van der Waals surface area contributed by atoms with E-state index in [9.17, 15) is 0 Å². The molecule has 3 rings (SSSR count). The van der Waals surface area contributed by atoms with E-state index in [1.807, 2.05) is 0 Å². The Hall–Kier alpha value is -0.120. The Morgan fingerprint density at radius 3 is 2.39 bits per heavy atom. The number of piperidine rings is 1. The predicted octanol–water partition coefficient (Wildman–Crippen LogP) is 1.40. The molecule has 0 radical (unpaired) electrons. The molecule has 0 aromatic rings. The third-order valence-electron chi connectivity index (χ3n) is 5.22. The van der Waals surface area contributed by atoms with Crippen LogP contribution in [0.15, 0.2) is 0 Å². The van der Waals surface area contributed by atoms with Crippen LogP contribution in [0.5, 0.6) is 0 Å². The van der Waals surface area contributed by atoms with Crippen LogP contribution in [0.4, 0.5) is 0 Å². The van der Waals surface area contributed by atoms with E-state index in [0.717, 1.165) is 23.9 Å². The number of hydrogen-bond acceptors (Lipinski definition) is 3. The van der Waals surface area contributed by atoms with Gasteiger partial charge in [-0.25, -0.2) is 0 Å². The molecule has 1 saturated carbocycles. The van der Waals surface area contributed by atoms with E-state index >= 15 is 0 Å². The van der Waals surface area contributed by atoms with E-state index in [2.05, 4.69) is 42.8 Å². The third-order valence-corrected chi connectivity index (χ3v) is 5.22. The van der Waals surface area contributed by atoms with Crippen LogP contribution in [0.2, 0.25) is 0 Å². The molecule has 18 heavy (non-hydrogen) atoms. The predicted molar refractivity (Wildman–Crippen MR) is 75.7 cm³/mol. The zero-order valence-corrected chi connectivity index (χ0v) is 12.4. The Bertz CT molecular complexity index is 303. The third kappa shape index (κ3) is 2.21. The van der Waals surface area contributed by atoms with Gasteiger partial charge >= 0.3 is 0 Å². The fourth-order valence-corrected chi connectivity index (χ4v) is 4.43. The molecule has 0 amide bonds. The molecule has 2 aliphatic heterocycles. The Morgan fingerprint density at radius 1 is 1.17 bits per heavy atom. The van der Waals surface area contributed by atoms with Crippen molar-refractivity contribution < 1.29 is 0 Å². The maximum Gasteiger partial charge on any atom is 0.0139 e. The summed E-state index contributed by atoms with van der Waals surface area (Å²) in [5.74, 6) is 1.90. The van der Waals surface area contributed by atoms with Gasteiger partial charge in [-0.2, -0.15) is 0 Å². The highest BCUT2D eigenvalue weighted by Gasteiger charge is 2.59. The minimum atomic E-state index is 0.344. The van der Waals surface area contributed by atoms with Crippen molar-refractivity contribution in [1.29, 1.82) is 0 Å². The highest BCUT2D eigenvalue weighted by atomic mass is 15.3. The van der Waals surface area contributed by atoms with Gasteiger partial charge in [-0.1, -0.05) is 0 Å². The standard InChI is InChI=1S/C15H29N3/c1-11-13(10-17-7-5-16-6-8-17)12-9-14(12)18(11)15(2,3)4/h11-14,16H,5-10H2,1-4H3/t11-,12?,13?,14?/m1/s1. The second-order valence-corrected chi connectivity index (χ2v) is 7.50. The summed E-state index contributed by atoms with van der Waals surface area (Å²) >= 11 is 0. The lowest BCUT2D eigenvalue weighted by molar-refractivity contribution is 0.0748. The lowest BCUT2D eigenvalue weighted by Gasteiger charge is -2.40. The van der Waals surface area contributed by atoms with Crippen LogP contribution in [-0.4, -0.2) is 60.1 Å². The molecule has 3 nitrogen and oxygen atoms in total. The van der Waals surface area contributed by atoms with Crippen molar-refractivity contribution in [2.45, 2.75) is 51.7 Å². The van der Waals surface area contributed by atoms with E-state index < -0.39 is 0 Å². The molecular formula is C15H29N3. The number of nitrogens with zero attached hydrogens (tertiary/aromatic N) is 2. The second-order valence-electron chi connectivity index (χ2n) is 7.50. The Kier molecular flexibility index (Phi) is 3.20. The molecule has 0 bridgehead atoms. The van der Waals surface area contributed by atoms with Crippen molar-refractivity contribution >= 4 is 0 Å². The van der Waals surface area contributed by atoms with Crippen LogP contribution in [0, 0.1) is 11.8 Å². The van der Waals surface area contributed by atoms with Crippen molar-refractivity contribution in [3.63, 3.8) is 0 Å². The topological polar surface area (TPSA) is 18.5 Å². The van der Waals surface area contributed by atoms with Gasteiger partial charge in [-0.05, 0) is 46.0 Å². The summed E-state index contributed by atoms with van der Waals surface area (Å²) in [6.45, 7) is 15.8. The molecule has 1 aliphatic carbocycles. The first-order valence-electron chi connectivity index (χ1n) is 7.70. The number of piperazine rings is 1. The van der Waals surface area contributed by atoms with Crippen molar-refractivity contribution in [3.8, 4) is 0 Å². The highest BCUT2D eigenvalue weighted by Crippen LogP contribution is 2.54. The average Bonchev–Trinajstić information content (AvgIpc) is 3.00. The molecule has 3 aliphatic rings. The molecular weight excluding hydrogens is 222 g/mol. The van der Waals surface area contributed by atoms with E-state index in [1.54, 1.807) is 0 Å². The molecule has 0 aromatic carbocycles. The maximum absolute atomic E-state index is 3.45. The normalized spacial score (nSPS) is 42.0. The largest absolute Gasteiger partial charge is 0.314 e. The molecule has 2 saturated heterocycles. The first kappa shape index (κ1) is 12.9. The summed E-state index contributed by atoms with van der Waals surface area (Å²) in [6.07, 6.45) is 1.46. The molecule has 1 N–H and O–H groups in total. The SMILES string of the molecule is C[C@@H]1C(CN2CCNCC2)C2CC2N1C(C)(C)C. The van der Waals surface area contributed by atoms with Crippen LogP contribution in [-0.2, 0) is 0 Å². The fourth-order valence-electron chi connectivity index (χ4n) is 4.43. The van der Waals surface area contributed by atoms with Gasteiger partial charge in [-0.3, -0.25) is 4.90 Å². The van der Waals surface area contributed by atoms with Gasteiger partial charge in [0.25, 0.3) is 0 Å². The summed E-state index contributed by atoms with van der Waals surface area (Å²) in [5.41, 5.74) is 0.344. The van der Waals surface area contributed by atoms with Gasteiger partial charge in [0.2, 0.25) is 0 Å². The van der Waals surface area contributed by atoms with Gasteiger partial charge in [-0.15, -0.1) is 0 Å². The zero-order chi connectivity index (χ0) is 12.9. The second kappa shape index (κ2) is 4.46. The monoisotopic (exact) mass is 251 g/mol. The van der Waals surface area contributed by atoms with Crippen LogP contribution in [0.3, 0.4) is 0 Å². The highest BCUT2D eigenvalue weighted by molar-refractivity contribution is 5.12. The van der Waals surface area contributed by atoms with Gasteiger partial charge in [0, 0.05) is 50.3 Å². The van der Waals surface area contributed by atoms with Gasteiger partial charge in [0.05, 0.1) is 0 Å². The first-order chi connectivity index (χ1) is 8.48. The number of nitrogens with one attached hydrogen (secondary N) is 1. The molecule has 4 atom stereocenters. The first-order valence-corrected chi connectivity index (χ1v) is 7.70. The minimum absolute atomic E-state index is 0.344. The molecule has 0 aromatic heterocycles. The summed E-state index contributed by atoms with van der Waals surface area (Å²) in [7, 11) is 0. The summed E-state index contributed by atoms with van der Waals surface area (Å²) in [5, 5.41) is 3.45. The summed E-state index contributed by atoms with van der Waals surface area (Å²) < 4.78 is 0. The number of likely N-dealkylation sites (tertiary alicyclic amines) is 1. The van der Waals surface area contributed by atoms with Crippen molar-refractivity contribution in [2.24, 2.45) is 11.8 Å². The Morgan fingerprint density at radius 2 is 1.83 bits per heavy atom. The van der Waals surface area contributed by atoms with E-state index in [1.165, 1.54) is 39.1 Å². The van der Waals surface area contributed by atoms with Gasteiger partial charge in [0.15, 0.2) is 0 Å². The van der Waals surface area contributed by atoms with Crippen molar-refractivity contribution in [1.82, 2.24) is 15.1 Å². The Labute approximate surface area is 112 Å². The number of hydrogen-bond donors (Lipinski definition) is 1. The van der Waals surface area contributed by atoms with Crippen LogP contribution >= 0.6 is 0 Å². The Balaban J connectivity index is 1.64. The number of fused-ring (bicyclic) bond motifs is 1. The molecule has 3 unspecified atom stereocenters. The molecule has 0 spiro atoms. The van der Waals surface area contributed by atoms with Gasteiger partial charge < -0.3 is 10.2 Å². The molecule has 3 heteroatoms. The molecule has 104 valence electrons. The van der Waals surface area contributed by atoms with Gasteiger partial charge in [0.1, 0.15) is 0 Å². The maximum atomic E-state index is 3.45. The van der Waals surface area contributed by atoms with Crippen LogP contribution in [0.25, 0.3) is 0 Å². The minimum Gasteiger partial charge on any atom is -0.314 e. The average molecular weight is 251 g/mol. The van der Waals surface area contributed by atoms with E-state index in [4.69, 9.17) is 0 Å².